The molecule has 3 aromatic rings. The number of para-hydroxylation sites is 1. The highest BCUT2D eigenvalue weighted by Crippen LogP contribution is 2.21. The summed E-state index contributed by atoms with van der Waals surface area (Å²) in [5.41, 5.74) is 1.45. The van der Waals surface area contributed by atoms with Crippen molar-refractivity contribution < 1.29 is 14.3 Å². The average molecular weight is 345 g/mol. The molecule has 0 fully saturated rings. The van der Waals surface area contributed by atoms with Gasteiger partial charge in [0.2, 0.25) is 0 Å². The molecule has 5 nitrogen and oxygen atoms in total. The zero-order chi connectivity index (χ0) is 16.9. The molecular weight excluding hydrogens is 329 g/mol. The molecule has 0 bridgehead atoms. The fraction of sp³-hybridized carbons (Fsp3) is 0.176. The van der Waals surface area contributed by atoms with E-state index in [1.165, 1.54) is 35.6 Å². The number of hydrogen-bond donors (Lipinski definition) is 3. The average Bonchev–Trinajstić information content (AvgIpc) is 3.01. The molecule has 0 spiro atoms. The number of amides is 2. The van der Waals surface area contributed by atoms with Crippen LogP contribution in [0.2, 0.25) is 0 Å². The first-order chi connectivity index (χ1) is 11.6. The molecule has 1 atom stereocenters. The molecule has 3 rings (SSSR count). The van der Waals surface area contributed by atoms with Crippen LogP contribution in [0.25, 0.3) is 10.2 Å². The monoisotopic (exact) mass is 345 g/mol. The lowest BCUT2D eigenvalue weighted by Crippen LogP contribution is -2.37. The van der Waals surface area contributed by atoms with E-state index in [-0.39, 0.29) is 12.4 Å². The molecule has 124 valence electrons. The van der Waals surface area contributed by atoms with E-state index in [1.54, 1.807) is 0 Å². The van der Waals surface area contributed by atoms with Crippen molar-refractivity contribution in [1.29, 1.82) is 0 Å². The number of aliphatic hydroxyl groups excluding tert-OH is 1. The fourth-order valence-corrected chi connectivity index (χ4v) is 3.11. The van der Waals surface area contributed by atoms with Crippen LogP contribution >= 0.6 is 11.3 Å². The van der Waals surface area contributed by atoms with Crippen molar-refractivity contribution in [2.75, 3.05) is 6.54 Å². The normalized spacial score (nSPS) is 12.1. The Balaban J connectivity index is 1.47. The van der Waals surface area contributed by atoms with E-state index in [0.29, 0.717) is 12.1 Å². The first-order valence-corrected chi connectivity index (χ1v) is 8.23. The van der Waals surface area contributed by atoms with Gasteiger partial charge in [0.15, 0.2) is 0 Å². The van der Waals surface area contributed by atoms with E-state index in [1.807, 2.05) is 24.3 Å². The first kappa shape index (κ1) is 16.4. The highest BCUT2D eigenvalue weighted by atomic mass is 32.1. The topological polar surface area (TPSA) is 74.2 Å². The van der Waals surface area contributed by atoms with Crippen LogP contribution in [0.4, 0.5) is 9.18 Å². The minimum absolute atomic E-state index is 0.0390. The maximum Gasteiger partial charge on any atom is 0.315 e. The molecule has 2 amide bonds. The zero-order valence-corrected chi connectivity index (χ0v) is 13.5. The number of benzene rings is 2. The van der Waals surface area contributed by atoms with Crippen LogP contribution in [0.3, 0.4) is 0 Å². The lowest BCUT2D eigenvalue weighted by molar-refractivity contribution is 0.173. The second-order valence-corrected chi connectivity index (χ2v) is 6.32. The van der Waals surface area contributed by atoms with Crippen LogP contribution in [0, 0.1) is 5.82 Å². The van der Waals surface area contributed by atoms with Gasteiger partial charge in [-0.1, -0.05) is 24.3 Å². The molecule has 1 unspecified atom stereocenters. The van der Waals surface area contributed by atoms with Crippen molar-refractivity contribution >= 4 is 27.6 Å². The van der Waals surface area contributed by atoms with E-state index in [0.717, 1.165) is 15.2 Å². The predicted octanol–water partition coefficient (Wildman–Crippen LogP) is 2.97. The third-order valence-corrected chi connectivity index (χ3v) is 4.49. The number of aliphatic hydroxyl groups is 1. The summed E-state index contributed by atoms with van der Waals surface area (Å²) in [5, 5.41) is 16.1. The van der Waals surface area contributed by atoms with Gasteiger partial charge in [0.1, 0.15) is 10.8 Å². The predicted molar refractivity (Wildman–Crippen MR) is 91.2 cm³/mol. The zero-order valence-electron chi connectivity index (χ0n) is 12.7. The number of nitrogens with one attached hydrogen (secondary N) is 2. The second kappa shape index (κ2) is 7.37. The summed E-state index contributed by atoms with van der Waals surface area (Å²) in [5.74, 6) is -0.368. The summed E-state index contributed by atoms with van der Waals surface area (Å²) in [7, 11) is 0. The van der Waals surface area contributed by atoms with Gasteiger partial charge in [-0.25, -0.2) is 14.2 Å². The molecule has 7 heteroatoms. The summed E-state index contributed by atoms with van der Waals surface area (Å²) in [6.07, 6.45) is -0.890. The van der Waals surface area contributed by atoms with Gasteiger partial charge in [0.05, 0.1) is 22.9 Å². The maximum atomic E-state index is 12.8. The smallest absolute Gasteiger partial charge is 0.315 e. The number of rotatable bonds is 5. The molecule has 1 heterocycles. The van der Waals surface area contributed by atoms with Crippen LogP contribution in [0.15, 0.2) is 48.5 Å². The summed E-state index contributed by atoms with van der Waals surface area (Å²) in [6, 6.07) is 12.9. The van der Waals surface area contributed by atoms with Crippen LogP contribution in [-0.4, -0.2) is 22.7 Å². The van der Waals surface area contributed by atoms with Gasteiger partial charge in [-0.05, 0) is 29.8 Å². The van der Waals surface area contributed by atoms with E-state index in [2.05, 4.69) is 15.6 Å². The molecule has 0 aliphatic heterocycles. The van der Waals surface area contributed by atoms with Gasteiger partial charge in [-0.2, -0.15) is 0 Å². The Morgan fingerprint density at radius 1 is 1.17 bits per heavy atom. The highest BCUT2D eigenvalue weighted by molar-refractivity contribution is 7.18. The van der Waals surface area contributed by atoms with Gasteiger partial charge in [-0.15, -0.1) is 11.3 Å². The Morgan fingerprint density at radius 2 is 1.92 bits per heavy atom. The Kier molecular flexibility index (Phi) is 5.02. The van der Waals surface area contributed by atoms with Crippen molar-refractivity contribution in [3.63, 3.8) is 0 Å². The van der Waals surface area contributed by atoms with Crippen molar-refractivity contribution in [1.82, 2.24) is 15.6 Å². The molecule has 0 aliphatic carbocycles. The minimum Gasteiger partial charge on any atom is -0.387 e. The third-order valence-electron chi connectivity index (χ3n) is 3.45. The molecule has 24 heavy (non-hydrogen) atoms. The molecule has 2 aromatic carbocycles. The van der Waals surface area contributed by atoms with Crippen molar-refractivity contribution in [2.45, 2.75) is 12.6 Å². The number of hydrogen-bond acceptors (Lipinski definition) is 4. The van der Waals surface area contributed by atoms with Crippen LogP contribution < -0.4 is 10.6 Å². The van der Waals surface area contributed by atoms with Crippen molar-refractivity contribution in [3.8, 4) is 0 Å². The first-order valence-electron chi connectivity index (χ1n) is 7.41. The number of carbonyl (C=O) groups excluding carboxylic acids is 1. The molecule has 0 radical (unpaired) electrons. The van der Waals surface area contributed by atoms with Crippen molar-refractivity contribution in [3.05, 3.63) is 64.9 Å². The number of nitrogens with zero attached hydrogens (tertiary/aromatic N) is 1. The Bertz CT molecular complexity index is 802. The molecule has 0 aliphatic rings. The Hall–Kier alpha value is -2.51. The number of urea groups is 1. The molecule has 3 N–H and O–H groups in total. The largest absolute Gasteiger partial charge is 0.387 e. The fourth-order valence-electron chi connectivity index (χ4n) is 2.21. The van der Waals surface area contributed by atoms with Crippen LogP contribution in [-0.2, 0) is 6.54 Å². The Morgan fingerprint density at radius 3 is 2.67 bits per heavy atom. The third kappa shape index (κ3) is 4.06. The molecular formula is C17H16FN3O2S. The summed E-state index contributed by atoms with van der Waals surface area (Å²) in [6.45, 7) is 0.356. The van der Waals surface area contributed by atoms with Gasteiger partial charge in [-0.3, -0.25) is 0 Å². The summed E-state index contributed by atoms with van der Waals surface area (Å²) in [4.78, 5) is 16.2. The number of thiazole rings is 1. The number of aromatic nitrogens is 1. The number of fused-ring (bicyclic) bond motifs is 1. The van der Waals surface area contributed by atoms with Gasteiger partial charge >= 0.3 is 6.03 Å². The van der Waals surface area contributed by atoms with Gasteiger partial charge in [0.25, 0.3) is 0 Å². The summed E-state index contributed by atoms with van der Waals surface area (Å²) < 4.78 is 13.9. The van der Waals surface area contributed by atoms with Crippen LogP contribution in [0.5, 0.6) is 0 Å². The standard InChI is InChI=1S/C17H16FN3O2S/c18-12-7-5-11(6-8-12)14(22)9-19-17(23)20-10-16-21-13-3-1-2-4-15(13)24-16/h1-8,14,22H,9-10H2,(H2,19,20,23). The van der Waals surface area contributed by atoms with E-state index in [4.69, 9.17) is 0 Å². The quantitative estimate of drug-likeness (QED) is 0.665. The number of carbonyl (C=O) groups is 1. The lowest BCUT2D eigenvalue weighted by atomic mass is 10.1. The van der Waals surface area contributed by atoms with Gasteiger partial charge in [0, 0.05) is 6.54 Å². The SMILES string of the molecule is O=C(NCc1nc2ccccc2s1)NCC(O)c1ccc(F)cc1. The van der Waals surface area contributed by atoms with E-state index in [9.17, 15) is 14.3 Å². The molecule has 1 aromatic heterocycles. The van der Waals surface area contributed by atoms with Crippen molar-refractivity contribution in [2.24, 2.45) is 0 Å². The second-order valence-electron chi connectivity index (χ2n) is 5.21. The summed E-state index contributed by atoms with van der Waals surface area (Å²) >= 11 is 1.52. The van der Waals surface area contributed by atoms with Crippen LogP contribution in [0.1, 0.15) is 16.7 Å². The Labute approximate surface area is 142 Å². The molecule has 0 saturated heterocycles. The van der Waals surface area contributed by atoms with E-state index >= 15 is 0 Å². The lowest BCUT2D eigenvalue weighted by Gasteiger charge is -2.12. The van der Waals surface area contributed by atoms with Gasteiger partial charge < -0.3 is 15.7 Å². The molecule has 0 saturated carbocycles. The number of halogens is 1. The minimum atomic E-state index is -0.890. The van der Waals surface area contributed by atoms with E-state index < -0.39 is 12.1 Å². The highest BCUT2D eigenvalue weighted by Gasteiger charge is 2.10. The maximum absolute atomic E-state index is 12.8.